The van der Waals surface area contributed by atoms with Crippen LogP contribution in [0, 0.1) is 0 Å². The highest BCUT2D eigenvalue weighted by Crippen LogP contribution is 2.28. The Kier molecular flexibility index (Phi) is 5.77. The van der Waals surface area contributed by atoms with Crippen molar-refractivity contribution in [1.82, 2.24) is 4.90 Å². The van der Waals surface area contributed by atoms with Crippen molar-refractivity contribution in [2.45, 2.75) is 13.5 Å². The molecule has 2 aromatic carbocycles. The minimum absolute atomic E-state index is 0.249. The van der Waals surface area contributed by atoms with Gasteiger partial charge in [0.1, 0.15) is 12.4 Å². The number of ether oxygens (including phenoxy) is 2. The highest BCUT2D eigenvalue weighted by Gasteiger charge is 2.23. The third-order valence-corrected chi connectivity index (χ3v) is 4.25. The van der Waals surface area contributed by atoms with Gasteiger partial charge in [0, 0.05) is 26.2 Å². The zero-order valence-electron chi connectivity index (χ0n) is 14.6. The quantitative estimate of drug-likeness (QED) is 0.835. The fraction of sp³-hybridized carbons (Fsp3) is 0.350. The Morgan fingerprint density at radius 2 is 1.64 bits per heavy atom. The predicted molar refractivity (Wildman–Crippen MR) is 98.0 cm³/mol. The molecule has 3 rings (SSSR count). The first-order chi connectivity index (χ1) is 12.3. The molecular weight excluding hydrogens is 316 g/mol. The number of benzene rings is 2. The summed E-state index contributed by atoms with van der Waals surface area (Å²) >= 11 is 0. The number of carbonyl (C=O) groups is 1. The largest absolute Gasteiger partial charge is 0.492 e. The number of hydrogen-bond donors (Lipinski definition) is 0. The van der Waals surface area contributed by atoms with Gasteiger partial charge in [0.15, 0.2) is 0 Å². The van der Waals surface area contributed by atoms with Crippen LogP contribution in [0.3, 0.4) is 0 Å². The second kappa shape index (κ2) is 8.42. The van der Waals surface area contributed by atoms with Crippen molar-refractivity contribution in [3.05, 3.63) is 60.2 Å². The maximum atomic E-state index is 12.2. The van der Waals surface area contributed by atoms with Crippen LogP contribution in [-0.2, 0) is 11.3 Å². The topological polar surface area (TPSA) is 42.0 Å². The molecule has 0 spiro atoms. The molecule has 0 unspecified atom stereocenters. The molecule has 0 atom stereocenters. The average Bonchev–Trinajstić information content (AvgIpc) is 2.68. The summed E-state index contributed by atoms with van der Waals surface area (Å²) < 4.78 is 11.1. The van der Waals surface area contributed by atoms with Crippen molar-refractivity contribution in [3.63, 3.8) is 0 Å². The summed E-state index contributed by atoms with van der Waals surface area (Å²) in [7, 11) is 0. The molecule has 1 saturated heterocycles. The van der Waals surface area contributed by atoms with E-state index in [9.17, 15) is 4.79 Å². The third kappa shape index (κ3) is 4.44. The van der Waals surface area contributed by atoms with Crippen LogP contribution >= 0.6 is 0 Å². The summed E-state index contributed by atoms with van der Waals surface area (Å²) in [6, 6.07) is 17.8. The average molecular weight is 340 g/mol. The van der Waals surface area contributed by atoms with Gasteiger partial charge in [0.2, 0.25) is 0 Å². The SMILES string of the molecule is CCOc1ccccc1N1CCN(C(=O)OCc2ccccc2)CC1. The smallest absolute Gasteiger partial charge is 0.410 e. The fourth-order valence-corrected chi connectivity index (χ4v) is 2.94. The van der Waals surface area contributed by atoms with Crippen molar-refractivity contribution in [1.29, 1.82) is 0 Å². The summed E-state index contributed by atoms with van der Waals surface area (Å²) in [6.07, 6.45) is -0.249. The first kappa shape index (κ1) is 17.1. The summed E-state index contributed by atoms with van der Waals surface area (Å²) in [5.41, 5.74) is 2.08. The lowest BCUT2D eigenvalue weighted by Crippen LogP contribution is -2.49. The molecule has 0 aromatic heterocycles. The Bertz CT molecular complexity index is 682. The molecule has 5 nitrogen and oxygen atoms in total. The predicted octanol–water partition coefficient (Wildman–Crippen LogP) is 3.54. The van der Waals surface area contributed by atoms with E-state index in [-0.39, 0.29) is 6.09 Å². The van der Waals surface area contributed by atoms with Crippen molar-refractivity contribution in [2.24, 2.45) is 0 Å². The highest BCUT2D eigenvalue weighted by molar-refractivity contribution is 5.68. The number of amides is 1. The van der Waals surface area contributed by atoms with Gasteiger partial charge < -0.3 is 19.3 Å². The first-order valence-corrected chi connectivity index (χ1v) is 8.70. The second-order valence-corrected chi connectivity index (χ2v) is 5.92. The van der Waals surface area contributed by atoms with Crippen LogP contribution in [0.4, 0.5) is 10.5 Å². The van der Waals surface area contributed by atoms with Gasteiger partial charge in [-0.15, -0.1) is 0 Å². The van der Waals surface area contributed by atoms with E-state index in [4.69, 9.17) is 9.47 Å². The Labute approximate surface area is 148 Å². The van der Waals surface area contributed by atoms with Gasteiger partial charge in [-0.25, -0.2) is 4.79 Å². The van der Waals surface area contributed by atoms with E-state index in [0.717, 1.165) is 30.1 Å². The van der Waals surface area contributed by atoms with Crippen LogP contribution < -0.4 is 9.64 Å². The number of piperazine rings is 1. The summed E-state index contributed by atoms with van der Waals surface area (Å²) in [6.45, 7) is 5.77. The van der Waals surface area contributed by atoms with Gasteiger partial charge in [-0.1, -0.05) is 42.5 Å². The Balaban J connectivity index is 1.52. The van der Waals surface area contributed by atoms with E-state index < -0.39 is 0 Å². The molecular formula is C20H24N2O3. The molecule has 1 amide bonds. The molecule has 1 heterocycles. The van der Waals surface area contributed by atoms with Crippen LogP contribution in [-0.4, -0.2) is 43.8 Å². The van der Waals surface area contributed by atoms with Gasteiger partial charge >= 0.3 is 6.09 Å². The molecule has 1 aliphatic heterocycles. The maximum absolute atomic E-state index is 12.2. The van der Waals surface area contributed by atoms with Crippen molar-refractivity contribution in [3.8, 4) is 5.75 Å². The number of para-hydroxylation sites is 2. The summed E-state index contributed by atoms with van der Waals surface area (Å²) in [5.74, 6) is 0.894. The van der Waals surface area contributed by atoms with Gasteiger partial charge in [-0.2, -0.15) is 0 Å². The third-order valence-electron chi connectivity index (χ3n) is 4.25. The van der Waals surface area contributed by atoms with E-state index in [1.165, 1.54) is 0 Å². The minimum Gasteiger partial charge on any atom is -0.492 e. The Hall–Kier alpha value is -2.69. The van der Waals surface area contributed by atoms with Gasteiger partial charge in [-0.05, 0) is 24.6 Å². The fourth-order valence-electron chi connectivity index (χ4n) is 2.94. The molecule has 1 fully saturated rings. The van der Waals surface area contributed by atoms with Crippen molar-refractivity contribution < 1.29 is 14.3 Å². The summed E-state index contributed by atoms with van der Waals surface area (Å²) in [5, 5.41) is 0. The van der Waals surface area contributed by atoms with Crippen LogP contribution in [0.15, 0.2) is 54.6 Å². The zero-order chi connectivity index (χ0) is 17.5. The van der Waals surface area contributed by atoms with E-state index in [1.54, 1.807) is 4.90 Å². The maximum Gasteiger partial charge on any atom is 0.410 e. The van der Waals surface area contributed by atoms with Crippen LogP contribution in [0.5, 0.6) is 5.75 Å². The van der Waals surface area contributed by atoms with E-state index in [0.29, 0.717) is 26.3 Å². The van der Waals surface area contributed by atoms with E-state index in [2.05, 4.69) is 11.0 Å². The van der Waals surface area contributed by atoms with Crippen molar-refractivity contribution >= 4 is 11.8 Å². The van der Waals surface area contributed by atoms with E-state index >= 15 is 0 Å². The van der Waals surface area contributed by atoms with E-state index in [1.807, 2.05) is 55.5 Å². The molecule has 1 aliphatic rings. The molecule has 0 aliphatic carbocycles. The molecule has 0 saturated carbocycles. The molecule has 25 heavy (non-hydrogen) atoms. The molecule has 2 aromatic rings. The number of hydrogen-bond acceptors (Lipinski definition) is 4. The lowest BCUT2D eigenvalue weighted by atomic mass is 10.2. The highest BCUT2D eigenvalue weighted by atomic mass is 16.6. The van der Waals surface area contributed by atoms with Crippen LogP contribution in [0.25, 0.3) is 0 Å². The van der Waals surface area contributed by atoms with Crippen LogP contribution in [0.1, 0.15) is 12.5 Å². The first-order valence-electron chi connectivity index (χ1n) is 8.70. The zero-order valence-corrected chi connectivity index (χ0v) is 14.6. The second-order valence-electron chi connectivity index (χ2n) is 5.92. The van der Waals surface area contributed by atoms with Crippen molar-refractivity contribution in [2.75, 3.05) is 37.7 Å². The minimum atomic E-state index is -0.249. The lowest BCUT2D eigenvalue weighted by molar-refractivity contribution is 0.0941. The van der Waals surface area contributed by atoms with Gasteiger partial charge in [-0.3, -0.25) is 0 Å². The molecule has 0 bridgehead atoms. The van der Waals surface area contributed by atoms with Crippen LogP contribution in [0.2, 0.25) is 0 Å². The normalized spacial score (nSPS) is 14.3. The molecule has 132 valence electrons. The Morgan fingerprint density at radius 3 is 2.36 bits per heavy atom. The number of carbonyl (C=O) groups excluding carboxylic acids is 1. The molecule has 0 radical (unpaired) electrons. The standard InChI is InChI=1S/C20H24N2O3/c1-2-24-19-11-7-6-10-18(19)21-12-14-22(15-13-21)20(23)25-16-17-8-4-3-5-9-17/h3-11H,2,12-16H2,1H3. The van der Waals surface area contributed by atoms with Gasteiger partial charge in [0.05, 0.1) is 12.3 Å². The lowest BCUT2D eigenvalue weighted by Gasteiger charge is -2.36. The molecule has 5 heteroatoms. The number of rotatable bonds is 5. The summed E-state index contributed by atoms with van der Waals surface area (Å²) in [4.78, 5) is 16.3. The number of anilines is 1. The number of nitrogens with zero attached hydrogens (tertiary/aromatic N) is 2. The molecule has 0 N–H and O–H groups in total. The monoisotopic (exact) mass is 340 g/mol. The van der Waals surface area contributed by atoms with Gasteiger partial charge in [0.25, 0.3) is 0 Å². The Morgan fingerprint density at radius 1 is 0.960 bits per heavy atom.